The van der Waals surface area contributed by atoms with Crippen LogP contribution in [0.5, 0.6) is 5.75 Å². The van der Waals surface area contributed by atoms with Crippen LogP contribution in [0.3, 0.4) is 0 Å². The van der Waals surface area contributed by atoms with Crippen molar-refractivity contribution >= 4 is 17.7 Å². The molecule has 0 radical (unpaired) electrons. The lowest BCUT2D eigenvalue weighted by molar-refractivity contribution is -0.136. The summed E-state index contributed by atoms with van der Waals surface area (Å²) in [5.74, 6) is -3.56. The Morgan fingerprint density at radius 1 is 1.12 bits per heavy atom. The maximum atomic E-state index is 13.3. The first kappa shape index (κ1) is 14.8. The fourth-order valence-electron chi connectivity index (χ4n) is 3.87. The number of nitrogens with one attached hydrogen (secondary N) is 1. The Kier molecular flexibility index (Phi) is 4.19. The smallest absolute Gasteiger partial charge is 0.255 e. The summed E-state index contributed by atoms with van der Waals surface area (Å²) in [5.41, 5.74) is 1.56. The molecular formula is C25H27N3O5. The zero-order valence-electron chi connectivity index (χ0n) is 24.7. The van der Waals surface area contributed by atoms with Gasteiger partial charge in [0.2, 0.25) is 11.8 Å². The zero-order chi connectivity index (χ0) is 29.1. The summed E-state index contributed by atoms with van der Waals surface area (Å²) in [6, 6.07) is 8.30. The molecule has 2 saturated heterocycles. The van der Waals surface area contributed by atoms with Crippen molar-refractivity contribution in [2.75, 3.05) is 26.3 Å². The molecule has 8 nitrogen and oxygen atoms in total. The van der Waals surface area contributed by atoms with Crippen molar-refractivity contribution in [1.29, 1.82) is 0 Å². The van der Waals surface area contributed by atoms with E-state index in [0.29, 0.717) is 47.9 Å². The molecule has 8 heteroatoms. The first-order valence-electron chi connectivity index (χ1n) is 14.1. The number of carbonyl (C=O) groups is 3. The van der Waals surface area contributed by atoms with Crippen molar-refractivity contribution in [3.8, 4) is 5.75 Å². The largest absolute Gasteiger partial charge is 0.489 e. The molecule has 0 saturated carbocycles. The van der Waals surface area contributed by atoms with Gasteiger partial charge in [-0.1, -0.05) is 30.3 Å². The average Bonchev–Trinajstić information content (AvgIpc) is 3.28. The normalized spacial score (nSPS) is 30.0. The molecule has 2 aromatic carbocycles. The molecule has 3 heterocycles. The van der Waals surface area contributed by atoms with Gasteiger partial charge in [-0.05, 0) is 29.6 Å². The molecule has 5 rings (SSSR count). The Bertz CT molecular complexity index is 1370. The lowest BCUT2D eigenvalue weighted by atomic mass is 10.0. The van der Waals surface area contributed by atoms with Gasteiger partial charge >= 0.3 is 0 Å². The summed E-state index contributed by atoms with van der Waals surface area (Å²) in [5, 5.41) is 1.70. The fraction of sp³-hybridized carbons (Fsp3) is 0.400. The Labute approximate surface area is 202 Å². The van der Waals surface area contributed by atoms with E-state index in [4.69, 9.17) is 19.1 Å². The number of ether oxygens (including phenoxy) is 2. The van der Waals surface area contributed by atoms with E-state index in [0.717, 1.165) is 0 Å². The number of hydrogen-bond donors (Lipinski definition) is 1. The predicted octanol–water partition coefficient (Wildman–Crippen LogP) is 1.86. The summed E-state index contributed by atoms with van der Waals surface area (Å²) in [7, 11) is 0. The highest BCUT2D eigenvalue weighted by molar-refractivity contribution is 6.05. The molecule has 1 N–H and O–H groups in total. The van der Waals surface area contributed by atoms with Crippen LogP contribution in [-0.2, 0) is 34.0 Å². The van der Waals surface area contributed by atoms with E-state index >= 15 is 0 Å². The lowest BCUT2D eigenvalue weighted by Crippen LogP contribution is -2.52. The van der Waals surface area contributed by atoms with Gasteiger partial charge in [0.15, 0.2) is 0 Å². The van der Waals surface area contributed by atoms with Gasteiger partial charge < -0.3 is 14.4 Å². The number of piperidine rings is 1. The average molecular weight is 457 g/mol. The molecule has 1 atom stereocenters. The SMILES string of the molecule is [2H]C([2H])(c1ccc(COc2cccc3c2CN([C@@]2([2H])C(=O)NC(=O)C([2H])([2H])C2([2H])[2H])C3=O)cc1)N1CCOCC1. The lowest BCUT2D eigenvalue weighted by Gasteiger charge is -2.29. The number of rotatable bonds is 6. The van der Waals surface area contributed by atoms with Crippen LogP contribution < -0.4 is 10.1 Å². The number of morpholine rings is 1. The minimum absolute atomic E-state index is 0.0514. The molecule has 33 heavy (non-hydrogen) atoms. The molecular weight excluding hydrogens is 422 g/mol. The number of benzene rings is 2. The molecule has 172 valence electrons. The highest BCUT2D eigenvalue weighted by Crippen LogP contribution is 2.34. The summed E-state index contributed by atoms with van der Waals surface area (Å²) in [6.07, 6.45) is -6.60. The van der Waals surface area contributed by atoms with Crippen molar-refractivity contribution in [2.45, 2.75) is 38.4 Å². The highest BCUT2D eigenvalue weighted by atomic mass is 16.5. The van der Waals surface area contributed by atoms with Gasteiger partial charge in [-0.3, -0.25) is 24.6 Å². The van der Waals surface area contributed by atoms with Crippen molar-refractivity contribution in [3.63, 3.8) is 0 Å². The van der Waals surface area contributed by atoms with E-state index in [1.54, 1.807) is 40.5 Å². The van der Waals surface area contributed by atoms with Gasteiger partial charge in [0, 0.05) is 45.3 Å². The molecule has 3 amide bonds. The van der Waals surface area contributed by atoms with Gasteiger partial charge in [-0.25, -0.2) is 0 Å². The van der Waals surface area contributed by atoms with Gasteiger partial charge in [-0.2, -0.15) is 0 Å². The summed E-state index contributed by atoms with van der Waals surface area (Å²) >= 11 is 0. The van der Waals surface area contributed by atoms with Crippen LogP contribution >= 0.6 is 0 Å². The third-order valence-electron chi connectivity index (χ3n) is 5.58. The highest BCUT2D eigenvalue weighted by Gasteiger charge is 2.40. The number of imide groups is 1. The first-order valence-corrected chi connectivity index (χ1v) is 10.6. The van der Waals surface area contributed by atoms with Crippen LogP contribution in [0.1, 0.15) is 49.4 Å². The molecule has 0 aliphatic carbocycles. The van der Waals surface area contributed by atoms with Crippen LogP contribution in [0.4, 0.5) is 0 Å². The second-order valence-electron chi connectivity index (χ2n) is 7.75. The van der Waals surface area contributed by atoms with E-state index in [1.807, 2.05) is 0 Å². The first-order chi connectivity index (χ1) is 18.7. The molecule has 0 bridgehead atoms. The Morgan fingerprint density at radius 3 is 2.67 bits per heavy atom. The zero-order valence-corrected chi connectivity index (χ0v) is 17.7. The van der Waals surface area contributed by atoms with Gasteiger partial charge in [0.25, 0.3) is 5.91 Å². The van der Waals surface area contributed by atoms with Crippen molar-refractivity contribution in [2.24, 2.45) is 0 Å². The molecule has 2 fully saturated rings. The van der Waals surface area contributed by atoms with Crippen LogP contribution in [0.2, 0.25) is 0 Å². The molecule has 3 aliphatic heterocycles. The number of fused-ring (bicyclic) bond motifs is 1. The summed E-state index contributed by atoms with van der Waals surface area (Å²) < 4.78 is 69.3. The Balaban J connectivity index is 1.35. The van der Waals surface area contributed by atoms with Crippen LogP contribution in [0.15, 0.2) is 42.5 Å². The molecule has 0 aromatic heterocycles. The number of amides is 3. The molecule has 0 unspecified atom stereocenters. The quantitative estimate of drug-likeness (QED) is 0.668. The van der Waals surface area contributed by atoms with E-state index in [1.165, 1.54) is 12.1 Å². The topological polar surface area (TPSA) is 88.2 Å². The second kappa shape index (κ2) is 9.33. The van der Waals surface area contributed by atoms with Crippen LogP contribution in [-0.4, -0.2) is 59.8 Å². The third-order valence-corrected chi connectivity index (χ3v) is 5.58. The number of carbonyl (C=O) groups excluding carboxylic acids is 3. The standard InChI is InChI=1S/C25H27N3O5/c29-23-9-8-21(24(30)26-23)28-15-20-19(25(28)31)2-1-3-22(20)33-16-18-6-4-17(5-7-18)14-27-10-12-32-13-11-27/h1-7,21H,8-16H2,(H,26,29,30)/t21-/m1/s1/i8D2,9D2,14D2,21D. The van der Waals surface area contributed by atoms with Crippen molar-refractivity contribution in [1.82, 2.24) is 15.1 Å². The Hall–Kier alpha value is -3.23. The maximum absolute atomic E-state index is 13.3. The minimum Gasteiger partial charge on any atom is -0.489 e. The fourth-order valence-corrected chi connectivity index (χ4v) is 3.87. The van der Waals surface area contributed by atoms with E-state index in [2.05, 4.69) is 0 Å². The van der Waals surface area contributed by atoms with Gasteiger partial charge in [-0.15, -0.1) is 0 Å². The maximum Gasteiger partial charge on any atom is 0.255 e. The van der Waals surface area contributed by atoms with E-state index in [9.17, 15) is 14.4 Å². The summed E-state index contributed by atoms with van der Waals surface area (Å²) in [6.45, 7) is -0.133. The molecule has 0 spiro atoms. The van der Waals surface area contributed by atoms with Crippen molar-refractivity contribution in [3.05, 3.63) is 64.7 Å². The monoisotopic (exact) mass is 456 g/mol. The van der Waals surface area contributed by atoms with Gasteiger partial charge in [0.05, 0.1) is 21.1 Å². The van der Waals surface area contributed by atoms with Gasteiger partial charge in [0.1, 0.15) is 18.4 Å². The van der Waals surface area contributed by atoms with E-state index < -0.39 is 49.5 Å². The van der Waals surface area contributed by atoms with Crippen molar-refractivity contribution < 1.29 is 33.5 Å². The minimum atomic E-state index is -3.36. The van der Waals surface area contributed by atoms with Crippen LogP contribution in [0.25, 0.3) is 0 Å². The third kappa shape index (κ3) is 4.62. The molecule has 3 aliphatic rings. The molecule has 2 aromatic rings. The Morgan fingerprint density at radius 2 is 1.88 bits per heavy atom. The number of nitrogens with zero attached hydrogens (tertiary/aromatic N) is 2. The van der Waals surface area contributed by atoms with Crippen LogP contribution in [0, 0.1) is 0 Å². The summed E-state index contributed by atoms with van der Waals surface area (Å²) in [4.78, 5) is 40.3. The van der Waals surface area contributed by atoms with E-state index in [-0.39, 0.29) is 17.9 Å². The predicted molar refractivity (Wildman–Crippen MR) is 119 cm³/mol. The second-order valence-corrected chi connectivity index (χ2v) is 7.75. The number of hydrogen-bond acceptors (Lipinski definition) is 6.